The number of hydrogen-bond acceptors (Lipinski definition) is 11. The van der Waals surface area contributed by atoms with E-state index in [9.17, 15) is 39.9 Å². The van der Waals surface area contributed by atoms with Gasteiger partial charge in [0, 0.05) is 49.9 Å². The van der Waals surface area contributed by atoms with Crippen LogP contribution in [0.4, 0.5) is 5.69 Å². The van der Waals surface area contributed by atoms with Crippen molar-refractivity contribution in [3.63, 3.8) is 0 Å². The molecule has 226 valence electrons. The summed E-state index contributed by atoms with van der Waals surface area (Å²) in [4.78, 5) is 44.5. The first-order valence-corrected chi connectivity index (χ1v) is 13.1. The lowest BCUT2D eigenvalue weighted by Crippen LogP contribution is -2.65. The number of aliphatic hydroxyl groups is 4. The number of fused-ring (bicyclic) bond motifs is 3. The van der Waals surface area contributed by atoms with Crippen molar-refractivity contribution < 1.29 is 39.9 Å². The Labute approximate surface area is 240 Å². The number of amides is 1. The second-order valence-corrected chi connectivity index (χ2v) is 11.7. The fraction of sp³-hybridized carbons (Fsp3) is 0.552. The molecule has 0 aromatic heterocycles. The molecule has 1 aromatic carbocycles. The predicted molar refractivity (Wildman–Crippen MR) is 153 cm³/mol. The van der Waals surface area contributed by atoms with Crippen LogP contribution < -0.4 is 10.6 Å². The molecule has 0 heterocycles. The van der Waals surface area contributed by atoms with Crippen molar-refractivity contribution in [3.05, 3.63) is 39.7 Å². The van der Waals surface area contributed by atoms with Gasteiger partial charge >= 0.3 is 0 Å². The van der Waals surface area contributed by atoms with Crippen LogP contribution in [-0.2, 0) is 27.3 Å². The Hall–Kier alpha value is -3.45. The van der Waals surface area contributed by atoms with Crippen LogP contribution >= 0.6 is 0 Å². The van der Waals surface area contributed by atoms with Gasteiger partial charge in [-0.2, -0.15) is 0 Å². The van der Waals surface area contributed by atoms with E-state index in [-0.39, 0.29) is 43.7 Å². The number of aromatic hydroxyl groups is 1. The number of anilines is 1. The van der Waals surface area contributed by atoms with Crippen molar-refractivity contribution in [1.29, 1.82) is 0 Å². The summed E-state index contributed by atoms with van der Waals surface area (Å²) in [6.07, 6.45) is -0.375. The Balaban J connectivity index is 0.00000462. The summed E-state index contributed by atoms with van der Waals surface area (Å²) in [7, 11) is 8.52. The molecule has 7 N–H and O–H groups in total. The zero-order valence-corrected chi connectivity index (χ0v) is 23.6. The second kappa shape index (κ2) is 11.1. The monoisotopic (exact) mass is 574 g/mol. The van der Waals surface area contributed by atoms with Gasteiger partial charge in [-0.25, -0.2) is 0 Å². The number of nitrogens with zero attached hydrogens (tertiary/aromatic N) is 3. The molecule has 0 aliphatic heterocycles. The Bertz CT molecular complexity index is 1350. The third kappa shape index (κ3) is 4.88. The lowest BCUT2D eigenvalue weighted by atomic mass is 9.57. The Morgan fingerprint density at radius 3 is 2.27 bits per heavy atom. The number of likely N-dealkylation sites (N-methyl/N-ethyl adjacent to an activating group) is 2. The van der Waals surface area contributed by atoms with Gasteiger partial charge in [0.05, 0.1) is 17.7 Å². The number of carbonyl (C=O) groups excluding carboxylic acids is 3. The zero-order chi connectivity index (χ0) is 30.0. The summed E-state index contributed by atoms with van der Waals surface area (Å²) in [5.41, 5.74) is 3.44. The highest BCUT2D eigenvalue weighted by molar-refractivity contribution is 6.24. The summed E-state index contributed by atoms with van der Waals surface area (Å²) in [5.74, 6) is -6.78. The quantitative estimate of drug-likeness (QED) is 0.249. The average molecular weight is 575 g/mol. The van der Waals surface area contributed by atoms with Crippen molar-refractivity contribution in [3.8, 4) is 5.75 Å². The van der Waals surface area contributed by atoms with Gasteiger partial charge in [0.15, 0.2) is 11.4 Å². The largest absolute Gasteiger partial charge is 0.508 e. The molecule has 0 saturated heterocycles. The second-order valence-electron chi connectivity index (χ2n) is 11.7. The van der Waals surface area contributed by atoms with E-state index >= 15 is 0 Å². The summed E-state index contributed by atoms with van der Waals surface area (Å²) >= 11 is 0. The van der Waals surface area contributed by atoms with E-state index in [1.165, 1.54) is 4.90 Å². The van der Waals surface area contributed by atoms with Crippen molar-refractivity contribution in [2.24, 2.45) is 17.6 Å². The molecule has 12 nitrogen and oxygen atoms in total. The van der Waals surface area contributed by atoms with E-state index in [0.29, 0.717) is 23.4 Å². The number of nitrogens with two attached hydrogens (primary N) is 1. The predicted octanol–water partition coefficient (Wildman–Crippen LogP) is 0.479. The fourth-order valence-electron chi connectivity index (χ4n) is 6.67. The van der Waals surface area contributed by atoms with E-state index in [2.05, 4.69) is 0 Å². The number of rotatable bonds is 7. The lowest BCUT2D eigenvalue weighted by molar-refractivity contribution is -0.153. The van der Waals surface area contributed by atoms with Crippen molar-refractivity contribution >= 4 is 28.9 Å². The summed E-state index contributed by atoms with van der Waals surface area (Å²) in [6, 6.07) is 0.665. The first kappa shape index (κ1) is 32.1. The maximum Gasteiger partial charge on any atom is 0.255 e. The molecule has 1 saturated carbocycles. The molecular weight excluding hydrogens is 532 g/mol. The van der Waals surface area contributed by atoms with Crippen molar-refractivity contribution in [2.45, 2.75) is 51.5 Å². The Morgan fingerprint density at radius 2 is 1.76 bits per heavy atom. The van der Waals surface area contributed by atoms with Crippen LogP contribution in [0.2, 0.25) is 0 Å². The Kier molecular flexibility index (Phi) is 8.67. The minimum Gasteiger partial charge on any atom is -0.508 e. The molecule has 4 rings (SSSR count). The van der Waals surface area contributed by atoms with Crippen LogP contribution in [0.15, 0.2) is 23.0 Å². The number of carbonyl (C=O) groups is 3. The van der Waals surface area contributed by atoms with E-state index in [4.69, 9.17) is 5.73 Å². The number of benzene rings is 1. The van der Waals surface area contributed by atoms with E-state index < -0.39 is 64.1 Å². The highest BCUT2D eigenvalue weighted by atomic mass is 16.3. The minimum atomic E-state index is -2.68. The molecule has 1 fully saturated rings. The number of phenolic OH excluding ortho intramolecular Hbond substituents is 1. The summed E-state index contributed by atoms with van der Waals surface area (Å²) in [5, 5.41) is 55.4. The highest BCUT2D eigenvalue weighted by Gasteiger charge is 2.64. The maximum absolute atomic E-state index is 14.0. The number of aliphatic hydroxyl groups excluding tert-OH is 3. The molecule has 3 aliphatic rings. The molecule has 41 heavy (non-hydrogen) atoms. The third-order valence-corrected chi connectivity index (χ3v) is 8.27. The molecule has 1 amide bonds. The minimum absolute atomic E-state index is 0. The first-order chi connectivity index (χ1) is 18.5. The topological polar surface area (TPSA) is 188 Å². The summed E-state index contributed by atoms with van der Waals surface area (Å²) < 4.78 is 0. The number of Topliss-reactive ketones (excluding diaryl/α,β-unsaturated/α-hetero) is 2. The van der Waals surface area contributed by atoms with Gasteiger partial charge in [0.25, 0.3) is 5.91 Å². The van der Waals surface area contributed by atoms with Crippen LogP contribution in [0.5, 0.6) is 5.75 Å². The van der Waals surface area contributed by atoms with E-state index in [0.717, 1.165) is 0 Å². The number of phenols is 1. The molecule has 0 radical (unpaired) electrons. The lowest BCUT2D eigenvalue weighted by Gasteiger charge is -2.50. The molecule has 1 unspecified atom stereocenters. The average Bonchev–Trinajstić information content (AvgIpc) is 2.81. The van der Waals surface area contributed by atoms with Crippen LogP contribution in [0.25, 0.3) is 5.76 Å². The van der Waals surface area contributed by atoms with Gasteiger partial charge in [0.2, 0.25) is 5.78 Å². The molecule has 1 aromatic rings. The molecule has 0 bridgehead atoms. The molecule has 5 atom stereocenters. The van der Waals surface area contributed by atoms with Crippen LogP contribution in [-0.4, -0.2) is 112 Å². The fourth-order valence-corrected chi connectivity index (χ4v) is 6.67. The SMILES string of the molecule is C.CC(O)CN(C)Cc1cc(N(C)C)c2c(c1O)C(O)=C1C(=O)[C@]3(O)C(O)=C(C(N)=O)C(=O)[C@@H](N(C)C)[C@@H]3C[C@@H]1C2. The highest BCUT2D eigenvalue weighted by Crippen LogP contribution is 2.54. The van der Waals surface area contributed by atoms with Gasteiger partial charge < -0.3 is 36.2 Å². The molecule has 12 heteroatoms. The van der Waals surface area contributed by atoms with Gasteiger partial charge in [-0.1, -0.05) is 7.43 Å². The number of primary amides is 1. The Morgan fingerprint density at radius 1 is 1.15 bits per heavy atom. The molecular formula is C29H42N4O8. The van der Waals surface area contributed by atoms with Crippen molar-refractivity contribution in [2.75, 3.05) is 46.7 Å². The number of ketones is 2. The van der Waals surface area contributed by atoms with Gasteiger partial charge in [-0.15, -0.1) is 0 Å². The standard InChI is InChI=1S/C28H38N4O8.CH4/c1-12(33)10-32(6)11-14-9-17(30(2)3)15-7-13-8-16-21(31(4)5)24(36)20(27(29)39)26(38)28(16,40)25(37)18(13)23(35)19(15)22(14)34;/h9,12-13,16,21,33-35,38,40H,7-8,10-11H2,1-6H3,(H2,29,39);1H4/t12?,13-,16-,21-,28-;/m0./s1. The molecule has 3 aliphatic carbocycles. The zero-order valence-electron chi connectivity index (χ0n) is 23.6. The van der Waals surface area contributed by atoms with Crippen LogP contribution in [0, 0.1) is 11.8 Å². The normalized spacial score (nSPS) is 26.4. The van der Waals surface area contributed by atoms with Crippen LogP contribution in [0.3, 0.4) is 0 Å². The summed E-state index contributed by atoms with van der Waals surface area (Å²) in [6.45, 7) is 2.20. The third-order valence-electron chi connectivity index (χ3n) is 8.27. The van der Waals surface area contributed by atoms with Crippen molar-refractivity contribution in [1.82, 2.24) is 9.80 Å². The van der Waals surface area contributed by atoms with E-state index in [1.807, 2.05) is 19.0 Å². The smallest absolute Gasteiger partial charge is 0.255 e. The van der Waals surface area contributed by atoms with Gasteiger partial charge in [-0.05, 0) is 58.5 Å². The maximum atomic E-state index is 14.0. The van der Waals surface area contributed by atoms with Gasteiger partial charge in [-0.3, -0.25) is 24.2 Å². The first-order valence-electron chi connectivity index (χ1n) is 13.1. The number of hydrogen-bond donors (Lipinski definition) is 6. The van der Waals surface area contributed by atoms with Gasteiger partial charge in [0.1, 0.15) is 22.8 Å². The van der Waals surface area contributed by atoms with E-state index in [1.54, 1.807) is 39.0 Å². The molecule has 0 spiro atoms. The van der Waals surface area contributed by atoms with Crippen LogP contribution in [0.1, 0.15) is 37.5 Å².